The number of amides is 2. The molecular formula is C33H32BrCl2N3O4S. The molecule has 2 amide bonds. The quantitative estimate of drug-likeness (QED) is 0.171. The Kier molecular flexibility index (Phi) is 11.5. The van der Waals surface area contributed by atoms with Crippen LogP contribution in [0.4, 0.5) is 5.69 Å². The topological polar surface area (TPSA) is 86.8 Å². The molecule has 0 saturated carbocycles. The van der Waals surface area contributed by atoms with Crippen molar-refractivity contribution in [2.75, 3.05) is 17.4 Å². The minimum atomic E-state index is -4.30. The Morgan fingerprint density at radius 2 is 1.52 bits per heavy atom. The third-order valence-electron chi connectivity index (χ3n) is 6.98. The lowest BCUT2D eigenvalue weighted by Gasteiger charge is -2.34. The fourth-order valence-electron chi connectivity index (χ4n) is 4.67. The molecule has 0 aliphatic carbocycles. The minimum Gasteiger partial charge on any atom is -0.355 e. The molecule has 0 fully saturated rings. The van der Waals surface area contributed by atoms with Crippen LogP contribution in [0.2, 0.25) is 10.0 Å². The van der Waals surface area contributed by atoms with E-state index in [4.69, 9.17) is 23.2 Å². The van der Waals surface area contributed by atoms with Gasteiger partial charge in [-0.05, 0) is 61.4 Å². The first-order valence-corrected chi connectivity index (χ1v) is 16.9. The maximum atomic E-state index is 14.4. The normalized spacial score (nSPS) is 11.9. The molecule has 44 heavy (non-hydrogen) atoms. The summed E-state index contributed by atoms with van der Waals surface area (Å²) in [6.45, 7) is 3.44. The van der Waals surface area contributed by atoms with E-state index in [1.54, 1.807) is 25.1 Å². The largest absolute Gasteiger partial charge is 0.355 e. The van der Waals surface area contributed by atoms with E-state index in [1.165, 1.54) is 29.2 Å². The fourth-order valence-corrected chi connectivity index (χ4v) is 6.81. The predicted molar refractivity (Wildman–Crippen MR) is 179 cm³/mol. The van der Waals surface area contributed by atoms with E-state index in [1.807, 2.05) is 61.5 Å². The lowest BCUT2D eigenvalue weighted by Crippen LogP contribution is -2.53. The highest BCUT2D eigenvalue weighted by atomic mass is 79.9. The zero-order valence-electron chi connectivity index (χ0n) is 24.2. The summed E-state index contributed by atoms with van der Waals surface area (Å²) in [5.41, 5.74) is 2.53. The second-order valence-corrected chi connectivity index (χ2v) is 13.7. The maximum absolute atomic E-state index is 14.4. The van der Waals surface area contributed by atoms with Crippen LogP contribution in [-0.4, -0.2) is 44.3 Å². The molecule has 230 valence electrons. The Morgan fingerprint density at radius 1 is 0.864 bits per heavy atom. The smallest absolute Gasteiger partial charge is 0.264 e. The van der Waals surface area contributed by atoms with Crippen molar-refractivity contribution >= 4 is 66.7 Å². The Hall–Kier alpha value is -3.37. The van der Waals surface area contributed by atoms with Crippen LogP contribution in [0.3, 0.4) is 0 Å². The third-order valence-corrected chi connectivity index (χ3v) is 10.1. The number of hydrogen-bond acceptors (Lipinski definition) is 4. The Labute approximate surface area is 277 Å². The molecule has 4 rings (SSSR count). The van der Waals surface area contributed by atoms with Gasteiger partial charge < -0.3 is 10.2 Å². The molecule has 0 heterocycles. The fraction of sp³-hybridized carbons (Fsp3) is 0.212. The molecule has 1 atom stereocenters. The molecule has 0 spiro atoms. The zero-order valence-corrected chi connectivity index (χ0v) is 28.1. The highest BCUT2D eigenvalue weighted by Gasteiger charge is 2.35. The van der Waals surface area contributed by atoms with Crippen molar-refractivity contribution in [2.24, 2.45) is 0 Å². The summed E-state index contributed by atoms with van der Waals surface area (Å²) in [4.78, 5) is 29.4. The first-order chi connectivity index (χ1) is 21.0. The number of anilines is 1. The van der Waals surface area contributed by atoms with Crippen LogP contribution < -0.4 is 9.62 Å². The second-order valence-electron chi connectivity index (χ2n) is 10.1. The number of hydrogen-bond donors (Lipinski definition) is 1. The van der Waals surface area contributed by atoms with Crippen LogP contribution in [0.5, 0.6) is 0 Å². The summed E-state index contributed by atoms with van der Waals surface area (Å²) in [6.07, 6.45) is 0.220. The van der Waals surface area contributed by atoms with Gasteiger partial charge in [0.25, 0.3) is 10.0 Å². The lowest BCUT2D eigenvalue weighted by molar-refractivity contribution is -0.140. The van der Waals surface area contributed by atoms with Crippen LogP contribution in [0.25, 0.3) is 0 Å². The number of nitrogens with zero attached hydrogens (tertiary/aromatic N) is 2. The summed E-state index contributed by atoms with van der Waals surface area (Å²) in [5.74, 6) is -0.942. The number of sulfonamides is 1. The Balaban J connectivity index is 1.82. The van der Waals surface area contributed by atoms with E-state index in [0.29, 0.717) is 6.54 Å². The number of carbonyl (C=O) groups excluding carboxylic acids is 2. The number of aryl methyl sites for hydroxylation is 1. The zero-order chi connectivity index (χ0) is 31.9. The average molecular weight is 718 g/mol. The molecule has 0 bridgehead atoms. The van der Waals surface area contributed by atoms with E-state index in [2.05, 4.69) is 21.2 Å². The first-order valence-electron chi connectivity index (χ1n) is 13.9. The maximum Gasteiger partial charge on any atom is 0.264 e. The van der Waals surface area contributed by atoms with Gasteiger partial charge in [0.2, 0.25) is 11.8 Å². The molecule has 7 nitrogen and oxygen atoms in total. The van der Waals surface area contributed by atoms with Gasteiger partial charge in [0.15, 0.2) is 0 Å². The Bertz CT molecular complexity index is 1700. The van der Waals surface area contributed by atoms with Gasteiger partial charge in [-0.1, -0.05) is 105 Å². The molecule has 0 unspecified atom stereocenters. The van der Waals surface area contributed by atoms with Crippen LogP contribution >= 0.6 is 39.1 Å². The van der Waals surface area contributed by atoms with Crippen molar-refractivity contribution in [1.29, 1.82) is 0 Å². The molecule has 11 heteroatoms. The van der Waals surface area contributed by atoms with Crippen LogP contribution in [-0.2, 0) is 32.6 Å². The number of nitrogens with one attached hydrogen (secondary N) is 1. The van der Waals surface area contributed by atoms with Crippen molar-refractivity contribution in [1.82, 2.24) is 10.2 Å². The van der Waals surface area contributed by atoms with Crippen molar-refractivity contribution in [2.45, 2.75) is 37.8 Å². The van der Waals surface area contributed by atoms with Gasteiger partial charge in [-0.2, -0.15) is 0 Å². The number of benzene rings is 4. The van der Waals surface area contributed by atoms with E-state index in [0.717, 1.165) is 25.5 Å². The molecule has 0 saturated heterocycles. The van der Waals surface area contributed by atoms with Gasteiger partial charge in [0.1, 0.15) is 12.6 Å². The summed E-state index contributed by atoms with van der Waals surface area (Å²) in [6, 6.07) is 26.7. The molecule has 1 N–H and O–H groups in total. The van der Waals surface area contributed by atoms with Crippen molar-refractivity contribution in [3.63, 3.8) is 0 Å². The summed E-state index contributed by atoms with van der Waals surface area (Å²) >= 11 is 16.3. The highest BCUT2D eigenvalue weighted by Crippen LogP contribution is 2.35. The average Bonchev–Trinajstić information content (AvgIpc) is 3.01. The van der Waals surface area contributed by atoms with E-state index < -0.39 is 28.5 Å². The molecule has 0 radical (unpaired) electrons. The molecule has 0 aliphatic heterocycles. The highest BCUT2D eigenvalue weighted by molar-refractivity contribution is 9.10. The van der Waals surface area contributed by atoms with Crippen LogP contribution in [0.1, 0.15) is 23.6 Å². The van der Waals surface area contributed by atoms with Gasteiger partial charge in [-0.3, -0.25) is 13.9 Å². The SMILES string of the molecule is CCNC(=O)[C@@H](Cc1ccccc1)N(Cc1ccc(Br)cc1)C(=O)CN(c1cccc(Cl)c1Cl)S(=O)(=O)c1ccc(C)cc1. The van der Waals surface area contributed by atoms with Crippen molar-refractivity contribution in [3.05, 3.63) is 128 Å². The summed E-state index contributed by atoms with van der Waals surface area (Å²) < 4.78 is 30.1. The van der Waals surface area contributed by atoms with E-state index in [9.17, 15) is 18.0 Å². The molecule has 0 aromatic heterocycles. The second kappa shape index (κ2) is 15.1. The Morgan fingerprint density at radius 3 is 2.16 bits per heavy atom. The number of carbonyl (C=O) groups is 2. The van der Waals surface area contributed by atoms with E-state index >= 15 is 0 Å². The monoisotopic (exact) mass is 715 g/mol. The third kappa shape index (κ3) is 8.21. The molecule has 4 aromatic rings. The van der Waals surface area contributed by atoms with Gasteiger partial charge in [0, 0.05) is 24.0 Å². The van der Waals surface area contributed by atoms with Crippen molar-refractivity contribution < 1.29 is 18.0 Å². The first kappa shape index (κ1) is 33.5. The van der Waals surface area contributed by atoms with Crippen LogP contribution in [0, 0.1) is 6.92 Å². The van der Waals surface area contributed by atoms with Gasteiger partial charge in [-0.15, -0.1) is 0 Å². The molecular weight excluding hydrogens is 685 g/mol. The van der Waals surface area contributed by atoms with Gasteiger partial charge in [-0.25, -0.2) is 8.42 Å². The number of halogens is 3. The number of likely N-dealkylation sites (N-methyl/N-ethyl adjacent to an activating group) is 1. The standard InChI is InChI=1S/C33H32BrCl2N3O4S/c1-3-37-33(41)30(20-24-8-5-4-6-9-24)38(21-25-14-16-26(34)17-15-25)31(40)22-39(29-11-7-10-28(35)32(29)36)44(42,43)27-18-12-23(2)13-19-27/h4-19,30H,3,20-22H2,1-2H3,(H,37,41)/t30-/m1/s1. The van der Waals surface area contributed by atoms with Crippen molar-refractivity contribution in [3.8, 4) is 0 Å². The van der Waals surface area contributed by atoms with E-state index in [-0.39, 0.29) is 39.5 Å². The van der Waals surface area contributed by atoms with Gasteiger partial charge in [0.05, 0.1) is 20.6 Å². The lowest BCUT2D eigenvalue weighted by atomic mass is 10.0. The molecule has 4 aromatic carbocycles. The van der Waals surface area contributed by atoms with Gasteiger partial charge >= 0.3 is 0 Å². The van der Waals surface area contributed by atoms with Crippen LogP contribution in [0.15, 0.2) is 106 Å². The summed E-state index contributed by atoms with van der Waals surface area (Å²) in [7, 11) is -4.30. The predicted octanol–water partition coefficient (Wildman–Crippen LogP) is 7.04. The minimum absolute atomic E-state index is 0.0123. The molecule has 0 aliphatic rings. The number of rotatable bonds is 12. The summed E-state index contributed by atoms with van der Waals surface area (Å²) in [5, 5.41) is 2.97.